The van der Waals surface area contributed by atoms with Crippen LogP contribution in [0.25, 0.3) is 0 Å². The lowest BCUT2D eigenvalue weighted by atomic mass is 10.1. The van der Waals surface area contributed by atoms with E-state index in [-0.39, 0.29) is 23.5 Å². The third-order valence-electron chi connectivity index (χ3n) is 2.67. The summed E-state index contributed by atoms with van der Waals surface area (Å²) in [7, 11) is 0. The number of hydrogen-bond donors (Lipinski definition) is 1. The van der Waals surface area contributed by atoms with Crippen LogP contribution in [-0.2, 0) is 6.54 Å². The molecular weight excluding hydrogens is 264 g/mol. The van der Waals surface area contributed by atoms with Crippen molar-refractivity contribution in [2.45, 2.75) is 13.1 Å². The van der Waals surface area contributed by atoms with Crippen LogP contribution in [0.4, 0.5) is 14.5 Å². The molecule has 0 unspecified atom stereocenters. The summed E-state index contributed by atoms with van der Waals surface area (Å²) in [4.78, 5) is 3.83. The first-order valence-electron chi connectivity index (χ1n) is 5.63. The minimum Gasteiger partial charge on any atom is -0.378 e. The second-order valence-corrected chi connectivity index (χ2v) is 3.87. The SMILES string of the molecule is N#Cc1ccc(NCc2nccn2C(F)F)cc1C#N. The van der Waals surface area contributed by atoms with Crippen molar-refractivity contribution in [2.24, 2.45) is 0 Å². The van der Waals surface area contributed by atoms with Crippen LogP contribution in [0.5, 0.6) is 0 Å². The van der Waals surface area contributed by atoms with E-state index in [0.717, 1.165) is 4.57 Å². The van der Waals surface area contributed by atoms with E-state index in [1.165, 1.54) is 24.5 Å². The molecule has 1 heterocycles. The maximum absolute atomic E-state index is 12.6. The highest BCUT2D eigenvalue weighted by Gasteiger charge is 2.11. The first-order chi connectivity index (χ1) is 9.65. The molecule has 0 bridgehead atoms. The molecule has 1 N–H and O–H groups in total. The molecule has 0 saturated heterocycles. The molecular formula is C13H9F2N5. The van der Waals surface area contributed by atoms with Gasteiger partial charge in [-0.05, 0) is 18.2 Å². The molecule has 2 aromatic rings. The van der Waals surface area contributed by atoms with E-state index in [1.54, 1.807) is 6.07 Å². The van der Waals surface area contributed by atoms with Crippen molar-refractivity contribution >= 4 is 5.69 Å². The molecule has 20 heavy (non-hydrogen) atoms. The molecule has 0 fully saturated rings. The number of hydrogen-bond acceptors (Lipinski definition) is 4. The van der Waals surface area contributed by atoms with Crippen molar-refractivity contribution < 1.29 is 8.78 Å². The predicted octanol–water partition coefficient (Wildman–Crippen LogP) is 2.63. The Labute approximate surface area is 113 Å². The number of nitriles is 2. The molecule has 0 aliphatic heterocycles. The van der Waals surface area contributed by atoms with Gasteiger partial charge in [0.25, 0.3) is 0 Å². The van der Waals surface area contributed by atoms with E-state index in [1.807, 2.05) is 12.1 Å². The van der Waals surface area contributed by atoms with E-state index >= 15 is 0 Å². The van der Waals surface area contributed by atoms with Gasteiger partial charge in [-0.1, -0.05) is 0 Å². The zero-order valence-corrected chi connectivity index (χ0v) is 10.2. The lowest BCUT2D eigenvalue weighted by Gasteiger charge is -2.09. The monoisotopic (exact) mass is 273 g/mol. The van der Waals surface area contributed by atoms with Crippen LogP contribution in [0.1, 0.15) is 23.5 Å². The average Bonchev–Trinajstić information content (AvgIpc) is 2.93. The lowest BCUT2D eigenvalue weighted by Crippen LogP contribution is -2.09. The quantitative estimate of drug-likeness (QED) is 0.928. The minimum atomic E-state index is -2.65. The van der Waals surface area contributed by atoms with Gasteiger partial charge >= 0.3 is 6.55 Å². The summed E-state index contributed by atoms with van der Waals surface area (Å²) in [5, 5.41) is 20.6. The Bertz CT molecular complexity index is 694. The predicted molar refractivity (Wildman–Crippen MR) is 66.7 cm³/mol. The lowest BCUT2D eigenvalue weighted by molar-refractivity contribution is 0.0673. The fraction of sp³-hybridized carbons (Fsp3) is 0.154. The average molecular weight is 273 g/mol. The van der Waals surface area contributed by atoms with E-state index in [0.29, 0.717) is 5.69 Å². The van der Waals surface area contributed by atoms with Crippen LogP contribution in [0.2, 0.25) is 0 Å². The maximum atomic E-state index is 12.6. The number of imidazole rings is 1. The molecule has 0 aliphatic rings. The Balaban J connectivity index is 2.14. The first-order valence-corrected chi connectivity index (χ1v) is 5.63. The smallest absolute Gasteiger partial charge is 0.319 e. The zero-order valence-electron chi connectivity index (χ0n) is 10.2. The summed E-state index contributed by atoms with van der Waals surface area (Å²) >= 11 is 0. The number of benzene rings is 1. The molecule has 0 amide bonds. The molecule has 0 aliphatic carbocycles. The Morgan fingerprint density at radius 3 is 2.65 bits per heavy atom. The van der Waals surface area contributed by atoms with Gasteiger partial charge in [0.2, 0.25) is 0 Å². The number of rotatable bonds is 4. The molecule has 0 radical (unpaired) electrons. The second kappa shape index (κ2) is 5.81. The third-order valence-corrected chi connectivity index (χ3v) is 2.67. The van der Waals surface area contributed by atoms with E-state index < -0.39 is 6.55 Å². The van der Waals surface area contributed by atoms with Crippen molar-refractivity contribution in [3.05, 3.63) is 47.5 Å². The fourth-order valence-corrected chi connectivity index (χ4v) is 1.68. The van der Waals surface area contributed by atoms with E-state index in [4.69, 9.17) is 10.5 Å². The second-order valence-electron chi connectivity index (χ2n) is 3.87. The first kappa shape index (κ1) is 13.5. The largest absolute Gasteiger partial charge is 0.378 e. The molecule has 7 heteroatoms. The maximum Gasteiger partial charge on any atom is 0.319 e. The van der Waals surface area contributed by atoms with Crippen molar-refractivity contribution in [3.63, 3.8) is 0 Å². The molecule has 0 saturated carbocycles. The van der Waals surface area contributed by atoms with Gasteiger partial charge in [-0.2, -0.15) is 19.3 Å². The van der Waals surface area contributed by atoms with Crippen LogP contribution in [0, 0.1) is 22.7 Å². The standard InChI is InChI=1S/C13H9F2N5/c14-13(15)20-4-3-18-12(20)8-19-11-2-1-9(6-16)10(5-11)7-17/h1-5,13,19H,8H2. The Morgan fingerprint density at radius 1 is 1.25 bits per heavy atom. The van der Waals surface area contributed by atoms with E-state index in [9.17, 15) is 8.78 Å². The highest BCUT2D eigenvalue weighted by molar-refractivity contribution is 5.56. The summed E-state index contributed by atoms with van der Waals surface area (Å²) in [5.74, 6) is 0.183. The summed E-state index contributed by atoms with van der Waals surface area (Å²) < 4.78 is 26.0. The van der Waals surface area contributed by atoms with Crippen LogP contribution in [0.15, 0.2) is 30.6 Å². The highest BCUT2D eigenvalue weighted by atomic mass is 19.3. The molecule has 1 aromatic carbocycles. The Kier molecular flexibility index (Phi) is 3.92. The van der Waals surface area contributed by atoms with Crippen molar-refractivity contribution in [1.29, 1.82) is 10.5 Å². The molecule has 100 valence electrons. The Morgan fingerprint density at radius 2 is 2.00 bits per heavy atom. The van der Waals surface area contributed by atoms with Gasteiger partial charge < -0.3 is 5.32 Å². The van der Waals surface area contributed by atoms with Gasteiger partial charge in [0.05, 0.1) is 17.7 Å². The van der Waals surface area contributed by atoms with Gasteiger partial charge in [-0.15, -0.1) is 0 Å². The van der Waals surface area contributed by atoms with Crippen LogP contribution < -0.4 is 5.32 Å². The number of alkyl halides is 2. The van der Waals surface area contributed by atoms with Crippen molar-refractivity contribution in [3.8, 4) is 12.1 Å². The summed E-state index contributed by atoms with van der Waals surface area (Å²) in [5.41, 5.74) is 1.06. The topological polar surface area (TPSA) is 77.4 Å². The number of nitrogens with zero attached hydrogens (tertiary/aromatic N) is 4. The van der Waals surface area contributed by atoms with Gasteiger partial charge in [-0.3, -0.25) is 4.57 Å². The van der Waals surface area contributed by atoms with Crippen molar-refractivity contribution in [1.82, 2.24) is 9.55 Å². The van der Waals surface area contributed by atoms with Gasteiger partial charge in [0.1, 0.15) is 18.0 Å². The summed E-state index contributed by atoms with van der Waals surface area (Å²) in [6, 6.07) is 8.41. The van der Waals surface area contributed by atoms with Crippen molar-refractivity contribution in [2.75, 3.05) is 5.32 Å². The van der Waals surface area contributed by atoms with Crippen LogP contribution in [0.3, 0.4) is 0 Å². The third kappa shape index (κ3) is 2.73. The molecule has 0 spiro atoms. The number of halogens is 2. The van der Waals surface area contributed by atoms with E-state index in [2.05, 4.69) is 10.3 Å². The summed E-state index contributed by atoms with van der Waals surface area (Å²) in [6.45, 7) is -2.56. The summed E-state index contributed by atoms with van der Waals surface area (Å²) in [6.07, 6.45) is 2.49. The molecule has 0 atom stereocenters. The van der Waals surface area contributed by atoms with Crippen LogP contribution in [-0.4, -0.2) is 9.55 Å². The number of anilines is 1. The fourth-order valence-electron chi connectivity index (χ4n) is 1.68. The molecule has 1 aromatic heterocycles. The normalized spacial score (nSPS) is 10.1. The zero-order chi connectivity index (χ0) is 14.5. The van der Waals surface area contributed by atoms with Gasteiger partial charge in [0, 0.05) is 18.1 Å². The van der Waals surface area contributed by atoms with Gasteiger partial charge in [-0.25, -0.2) is 4.98 Å². The highest BCUT2D eigenvalue weighted by Crippen LogP contribution is 2.17. The number of aromatic nitrogens is 2. The Hall–Kier alpha value is -2.93. The van der Waals surface area contributed by atoms with Crippen LogP contribution >= 0.6 is 0 Å². The molecule has 2 rings (SSSR count). The minimum absolute atomic E-state index is 0.0914. The van der Waals surface area contributed by atoms with Gasteiger partial charge in [0.15, 0.2) is 0 Å². The molecule has 5 nitrogen and oxygen atoms in total. The number of nitrogens with one attached hydrogen (secondary N) is 1.